The van der Waals surface area contributed by atoms with Gasteiger partial charge in [0.25, 0.3) is 0 Å². The van der Waals surface area contributed by atoms with E-state index in [0.717, 1.165) is 50.9 Å². The number of hydrogen-bond acceptors (Lipinski definition) is 7. The highest BCUT2D eigenvalue weighted by molar-refractivity contribution is 6.01. The number of rotatable bonds is 6. The molecule has 0 aliphatic carbocycles. The quantitative estimate of drug-likeness (QED) is 0.599. The largest absolute Gasteiger partial charge is 0.368 e. The second-order valence-electron chi connectivity index (χ2n) is 9.14. The van der Waals surface area contributed by atoms with Crippen molar-refractivity contribution in [3.05, 3.63) is 24.0 Å². The van der Waals surface area contributed by atoms with Crippen molar-refractivity contribution in [1.29, 1.82) is 0 Å². The number of anilines is 1. The van der Waals surface area contributed by atoms with Gasteiger partial charge in [0.15, 0.2) is 0 Å². The second-order valence-corrected chi connectivity index (χ2v) is 9.14. The normalized spacial score (nSPS) is 23.2. The van der Waals surface area contributed by atoms with Gasteiger partial charge in [0.1, 0.15) is 6.04 Å². The zero-order chi connectivity index (χ0) is 22.5. The molecule has 1 atom stereocenters. The minimum absolute atomic E-state index is 0.137. The van der Waals surface area contributed by atoms with Crippen LogP contribution in [0.25, 0.3) is 0 Å². The molecule has 1 aromatic heterocycles. The molecule has 3 fully saturated rings. The van der Waals surface area contributed by atoms with E-state index in [4.69, 9.17) is 0 Å². The highest BCUT2D eigenvalue weighted by Gasteiger charge is 2.32. The monoisotopic (exact) mass is 442 g/mol. The van der Waals surface area contributed by atoms with Crippen LogP contribution in [0.15, 0.2) is 18.3 Å². The molecule has 2 N–H and O–H groups in total. The van der Waals surface area contributed by atoms with Crippen molar-refractivity contribution in [3.63, 3.8) is 0 Å². The Morgan fingerprint density at radius 2 is 1.88 bits per heavy atom. The molecular weight excluding hydrogens is 408 g/mol. The second kappa shape index (κ2) is 10.4. The van der Waals surface area contributed by atoms with Crippen molar-refractivity contribution in [3.8, 4) is 0 Å². The summed E-state index contributed by atoms with van der Waals surface area (Å²) in [6, 6.07) is 3.33. The number of likely N-dealkylation sites (N-methyl/N-ethyl adjacent to an activating group) is 1. The van der Waals surface area contributed by atoms with E-state index in [1.54, 1.807) is 7.05 Å². The van der Waals surface area contributed by atoms with Gasteiger partial charge in [-0.1, -0.05) is 0 Å². The molecule has 3 saturated heterocycles. The number of carbonyl (C=O) groups is 3. The molecule has 32 heavy (non-hydrogen) atoms. The lowest BCUT2D eigenvalue weighted by molar-refractivity contribution is -0.144. The Bertz CT molecular complexity index is 816. The predicted molar refractivity (Wildman–Crippen MR) is 121 cm³/mol. The first kappa shape index (κ1) is 22.7. The minimum atomic E-state index is -0.597. The van der Waals surface area contributed by atoms with Crippen molar-refractivity contribution < 1.29 is 14.4 Å². The number of carbonyl (C=O) groups excluding carboxylic acids is 3. The molecule has 0 spiro atoms. The molecule has 1 unspecified atom stereocenters. The van der Waals surface area contributed by atoms with Gasteiger partial charge in [-0.15, -0.1) is 0 Å². The molecule has 0 aromatic carbocycles. The summed E-state index contributed by atoms with van der Waals surface area (Å²) in [5, 5.41) is 5.74. The van der Waals surface area contributed by atoms with Gasteiger partial charge >= 0.3 is 0 Å². The van der Waals surface area contributed by atoms with Crippen molar-refractivity contribution in [2.24, 2.45) is 5.92 Å². The third-order valence-corrected chi connectivity index (χ3v) is 6.93. The van der Waals surface area contributed by atoms with Gasteiger partial charge in [0.05, 0.1) is 18.3 Å². The van der Waals surface area contributed by atoms with Crippen LogP contribution in [0.1, 0.15) is 31.4 Å². The molecule has 3 aliphatic heterocycles. The Kier molecular flexibility index (Phi) is 7.36. The van der Waals surface area contributed by atoms with E-state index < -0.39 is 11.9 Å². The third-order valence-electron chi connectivity index (χ3n) is 6.93. The summed E-state index contributed by atoms with van der Waals surface area (Å²) in [7, 11) is 1.61. The van der Waals surface area contributed by atoms with E-state index in [-0.39, 0.29) is 24.7 Å². The fourth-order valence-electron chi connectivity index (χ4n) is 4.83. The standard InChI is InChI=1S/C23H34N6O3/c1-27(20-4-5-21(30)26-23(20)32)22(31)14-18-2-3-19(15-25-18)29-12-10-28(11-13-29)16-17-6-8-24-9-7-17/h2-3,15,17,20,24H,4-14,16H2,1H3,(H,26,30,32). The maximum Gasteiger partial charge on any atom is 0.249 e. The molecule has 0 saturated carbocycles. The van der Waals surface area contributed by atoms with Gasteiger partial charge in [0, 0.05) is 51.9 Å². The number of aromatic nitrogens is 1. The zero-order valence-electron chi connectivity index (χ0n) is 18.9. The van der Waals surface area contributed by atoms with Gasteiger partial charge < -0.3 is 15.1 Å². The van der Waals surface area contributed by atoms with Crippen LogP contribution >= 0.6 is 0 Å². The summed E-state index contributed by atoms with van der Waals surface area (Å²) >= 11 is 0. The Hall–Kier alpha value is -2.52. The maximum absolute atomic E-state index is 12.6. The van der Waals surface area contributed by atoms with E-state index in [9.17, 15) is 14.4 Å². The van der Waals surface area contributed by atoms with Crippen LogP contribution in [-0.2, 0) is 20.8 Å². The Morgan fingerprint density at radius 1 is 1.12 bits per heavy atom. The Morgan fingerprint density at radius 3 is 2.53 bits per heavy atom. The van der Waals surface area contributed by atoms with Crippen LogP contribution < -0.4 is 15.5 Å². The highest BCUT2D eigenvalue weighted by Crippen LogP contribution is 2.19. The van der Waals surface area contributed by atoms with Gasteiger partial charge in [0.2, 0.25) is 17.7 Å². The number of piperazine rings is 1. The van der Waals surface area contributed by atoms with Gasteiger partial charge in [-0.05, 0) is 50.4 Å². The fraction of sp³-hybridized carbons (Fsp3) is 0.652. The average Bonchev–Trinajstić information content (AvgIpc) is 2.80. The molecule has 0 radical (unpaired) electrons. The first-order valence-corrected chi connectivity index (χ1v) is 11.7. The summed E-state index contributed by atoms with van der Waals surface area (Å²) in [6.07, 6.45) is 5.16. The van der Waals surface area contributed by atoms with Gasteiger partial charge in [-0.3, -0.25) is 29.6 Å². The third kappa shape index (κ3) is 5.63. The first-order valence-electron chi connectivity index (χ1n) is 11.7. The Labute approximate surface area is 189 Å². The van der Waals surface area contributed by atoms with Gasteiger partial charge in [-0.25, -0.2) is 0 Å². The van der Waals surface area contributed by atoms with Crippen LogP contribution in [0, 0.1) is 5.92 Å². The molecule has 4 heterocycles. The van der Waals surface area contributed by atoms with Gasteiger partial charge in [-0.2, -0.15) is 0 Å². The van der Waals surface area contributed by atoms with E-state index >= 15 is 0 Å². The number of amides is 3. The molecule has 3 amide bonds. The maximum atomic E-state index is 12.6. The highest BCUT2D eigenvalue weighted by atomic mass is 16.2. The number of pyridine rings is 1. The van der Waals surface area contributed by atoms with E-state index in [2.05, 4.69) is 25.4 Å². The summed E-state index contributed by atoms with van der Waals surface area (Å²) in [6.45, 7) is 7.62. The van der Waals surface area contributed by atoms with Crippen LogP contribution in [0.5, 0.6) is 0 Å². The fourth-order valence-corrected chi connectivity index (χ4v) is 4.83. The molecule has 0 bridgehead atoms. The molecular formula is C23H34N6O3. The lowest BCUT2D eigenvalue weighted by Crippen LogP contribution is -2.53. The number of nitrogens with zero attached hydrogens (tertiary/aromatic N) is 4. The summed E-state index contributed by atoms with van der Waals surface area (Å²) in [5.41, 5.74) is 1.77. The molecule has 4 rings (SSSR count). The van der Waals surface area contributed by atoms with E-state index in [1.165, 1.54) is 24.3 Å². The van der Waals surface area contributed by atoms with E-state index in [1.807, 2.05) is 18.3 Å². The minimum Gasteiger partial charge on any atom is -0.368 e. The zero-order valence-corrected chi connectivity index (χ0v) is 18.9. The van der Waals surface area contributed by atoms with Crippen LogP contribution in [-0.4, -0.2) is 91.4 Å². The van der Waals surface area contributed by atoms with Crippen molar-refractivity contribution >= 4 is 23.4 Å². The Balaban J connectivity index is 1.25. The van der Waals surface area contributed by atoms with Crippen LogP contribution in [0.2, 0.25) is 0 Å². The van der Waals surface area contributed by atoms with Crippen molar-refractivity contribution in [2.45, 2.75) is 38.1 Å². The lowest BCUT2D eigenvalue weighted by atomic mass is 9.97. The number of imide groups is 1. The summed E-state index contributed by atoms with van der Waals surface area (Å²) in [5.74, 6) is -0.0398. The number of piperidine rings is 2. The molecule has 1 aromatic rings. The average molecular weight is 443 g/mol. The van der Waals surface area contributed by atoms with E-state index in [0.29, 0.717) is 12.1 Å². The first-order chi connectivity index (χ1) is 15.5. The molecule has 9 nitrogen and oxygen atoms in total. The lowest BCUT2D eigenvalue weighted by Gasteiger charge is -2.38. The molecule has 174 valence electrons. The summed E-state index contributed by atoms with van der Waals surface area (Å²) in [4.78, 5) is 46.8. The topological polar surface area (TPSA) is 97.9 Å². The van der Waals surface area contributed by atoms with Crippen LogP contribution in [0.3, 0.4) is 0 Å². The molecule has 9 heteroatoms. The smallest absolute Gasteiger partial charge is 0.249 e. The molecule has 3 aliphatic rings. The van der Waals surface area contributed by atoms with Crippen LogP contribution in [0.4, 0.5) is 5.69 Å². The van der Waals surface area contributed by atoms with Crippen molar-refractivity contribution in [1.82, 2.24) is 25.4 Å². The summed E-state index contributed by atoms with van der Waals surface area (Å²) < 4.78 is 0. The number of hydrogen-bond donors (Lipinski definition) is 2. The number of nitrogens with one attached hydrogen (secondary N) is 2. The van der Waals surface area contributed by atoms with Crippen molar-refractivity contribution in [2.75, 3.05) is 57.8 Å². The SMILES string of the molecule is CN(C(=O)Cc1ccc(N2CCN(CC3CCNCC3)CC2)cn1)C1CCC(=O)NC1=O. The predicted octanol–water partition coefficient (Wildman–Crippen LogP) is 0.00930.